The van der Waals surface area contributed by atoms with Crippen molar-refractivity contribution in [2.75, 3.05) is 5.32 Å². The van der Waals surface area contributed by atoms with Crippen LogP contribution in [-0.2, 0) is 13.6 Å². The minimum absolute atomic E-state index is 0.181. The van der Waals surface area contributed by atoms with Crippen molar-refractivity contribution in [3.8, 4) is 0 Å². The number of aryl methyl sites for hydroxylation is 1. The summed E-state index contributed by atoms with van der Waals surface area (Å²) >= 11 is 3.45. The van der Waals surface area contributed by atoms with E-state index in [2.05, 4.69) is 48.3 Å². The third-order valence-electron chi connectivity index (χ3n) is 2.98. The number of anilines is 1. The Balaban J connectivity index is 1.87. The van der Waals surface area contributed by atoms with Gasteiger partial charge in [0.05, 0.1) is 11.9 Å². The minimum Gasteiger partial charge on any atom is -0.365 e. The molecule has 0 unspecified atom stereocenters. The van der Waals surface area contributed by atoms with E-state index in [4.69, 9.17) is 0 Å². The normalized spacial score (nSPS) is 12.8. The molecule has 8 heteroatoms. The molecular formula is C12H14BrN7. The molecule has 0 bridgehead atoms. The smallest absolute Gasteiger partial charge is 0.164 e. The van der Waals surface area contributed by atoms with Gasteiger partial charge in [-0.1, -0.05) is 0 Å². The van der Waals surface area contributed by atoms with Crippen LogP contribution in [-0.4, -0.2) is 35.6 Å². The molecule has 0 amide bonds. The lowest BCUT2D eigenvalue weighted by Gasteiger charge is -2.15. The Morgan fingerprint density at radius 1 is 1.40 bits per heavy atom. The van der Waals surface area contributed by atoms with Gasteiger partial charge in [0.15, 0.2) is 5.65 Å². The molecule has 1 N–H and O–H groups in total. The highest BCUT2D eigenvalue weighted by Crippen LogP contribution is 2.27. The van der Waals surface area contributed by atoms with E-state index in [1.807, 2.05) is 24.0 Å². The molecule has 0 radical (unpaired) electrons. The second-order valence-corrected chi connectivity index (χ2v) is 5.36. The Bertz CT molecular complexity index is 719. The standard InChI is InChI=1S/C12H14BrN7/c1-8(6-20-5-3-4-16-20)17-11-9-10(13)18-19(2)12(9)15-7-14-11/h3-5,7-8H,6H2,1-2H3,(H,14,15,17)/t8-/m0/s1. The average molecular weight is 336 g/mol. The number of fused-ring (bicyclic) bond motifs is 1. The second kappa shape index (κ2) is 5.20. The summed E-state index contributed by atoms with van der Waals surface area (Å²) in [7, 11) is 1.86. The van der Waals surface area contributed by atoms with Gasteiger partial charge in [0.1, 0.15) is 16.7 Å². The Kier molecular flexibility index (Phi) is 3.39. The summed E-state index contributed by atoms with van der Waals surface area (Å²) in [5.41, 5.74) is 0.792. The van der Waals surface area contributed by atoms with E-state index in [9.17, 15) is 0 Å². The maximum Gasteiger partial charge on any atom is 0.164 e. The molecule has 3 aromatic rings. The lowest BCUT2D eigenvalue weighted by Crippen LogP contribution is -2.23. The predicted molar refractivity (Wildman–Crippen MR) is 79.3 cm³/mol. The molecule has 7 nitrogen and oxygen atoms in total. The summed E-state index contributed by atoms with van der Waals surface area (Å²) in [6.45, 7) is 2.84. The summed E-state index contributed by atoms with van der Waals surface area (Å²) in [4.78, 5) is 8.56. The number of rotatable bonds is 4. The molecule has 3 aromatic heterocycles. The van der Waals surface area contributed by atoms with E-state index in [1.165, 1.54) is 0 Å². The Labute approximate surface area is 124 Å². The first-order valence-corrected chi connectivity index (χ1v) is 7.01. The Hall–Kier alpha value is -1.96. The van der Waals surface area contributed by atoms with Gasteiger partial charge in [0.2, 0.25) is 0 Å². The molecule has 0 aliphatic rings. The van der Waals surface area contributed by atoms with Crippen LogP contribution in [0.15, 0.2) is 29.4 Å². The van der Waals surface area contributed by atoms with Crippen molar-refractivity contribution < 1.29 is 0 Å². The number of halogens is 1. The van der Waals surface area contributed by atoms with Gasteiger partial charge in [-0.05, 0) is 28.9 Å². The SMILES string of the molecule is C[C@@H](Cn1cccn1)Nc1ncnc2c1c(Br)nn2C. The lowest BCUT2D eigenvalue weighted by molar-refractivity contribution is 0.560. The number of nitrogens with zero attached hydrogens (tertiary/aromatic N) is 6. The van der Waals surface area contributed by atoms with Gasteiger partial charge < -0.3 is 5.32 Å². The monoisotopic (exact) mass is 335 g/mol. The zero-order valence-electron chi connectivity index (χ0n) is 11.2. The molecule has 20 heavy (non-hydrogen) atoms. The Morgan fingerprint density at radius 3 is 3.00 bits per heavy atom. The molecule has 0 aliphatic heterocycles. The predicted octanol–water partition coefficient (Wildman–Crippen LogP) is 1.82. The number of hydrogen-bond donors (Lipinski definition) is 1. The maximum atomic E-state index is 4.32. The number of aromatic nitrogens is 6. The van der Waals surface area contributed by atoms with Crippen molar-refractivity contribution >= 4 is 32.8 Å². The molecule has 0 fully saturated rings. The van der Waals surface area contributed by atoms with Crippen LogP contribution in [0.4, 0.5) is 5.82 Å². The zero-order valence-corrected chi connectivity index (χ0v) is 12.7. The second-order valence-electron chi connectivity index (χ2n) is 4.61. The number of hydrogen-bond acceptors (Lipinski definition) is 5. The molecule has 0 spiro atoms. The average Bonchev–Trinajstić information content (AvgIpc) is 2.99. The van der Waals surface area contributed by atoms with E-state index in [0.717, 1.165) is 28.0 Å². The largest absolute Gasteiger partial charge is 0.365 e. The third-order valence-corrected chi connectivity index (χ3v) is 3.54. The fraction of sp³-hybridized carbons (Fsp3) is 0.333. The van der Waals surface area contributed by atoms with Crippen LogP contribution >= 0.6 is 15.9 Å². The molecule has 1 atom stereocenters. The summed E-state index contributed by atoms with van der Waals surface area (Å²) in [5, 5.41) is 12.8. The van der Waals surface area contributed by atoms with Crippen molar-refractivity contribution in [1.82, 2.24) is 29.5 Å². The van der Waals surface area contributed by atoms with Gasteiger partial charge in [-0.25, -0.2) is 14.6 Å². The van der Waals surface area contributed by atoms with Gasteiger partial charge in [-0.15, -0.1) is 0 Å². The molecule has 104 valence electrons. The quantitative estimate of drug-likeness (QED) is 0.787. The molecule has 0 aliphatic carbocycles. The maximum absolute atomic E-state index is 4.32. The summed E-state index contributed by atoms with van der Waals surface area (Å²) < 4.78 is 4.35. The zero-order chi connectivity index (χ0) is 14.1. The van der Waals surface area contributed by atoms with Crippen LogP contribution in [0.1, 0.15) is 6.92 Å². The van der Waals surface area contributed by atoms with Gasteiger partial charge in [0.25, 0.3) is 0 Å². The van der Waals surface area contributed by atoms with Gasteiger partial charge >= 0.3 is 0 Å². The van der Waals surface area contributed by atoms with Crippen LogP contribution in [0.25, 0.3) is 11.0 Å². The minimum atomic E-state index is 0.181. The first-order valence-electron chi connectivity index (χ1n) is 6.22. The van der Waals surface area contributed by atoms with Crippen molar-refractivity contribution in [2.45, 2.75) is 19.5 Å². The van der Waals surface area contributed by atoms with Crippen molar-refractivity contribution in [3.05, 3.63) is 29.4 Å². The Morgan fingerprint density at radius 2 is 2.25 bits per heavy atom. The van der Waals surface area contributed by atoms with E-state index in [-0.39, 0.29) is 6.04 Å². The summed E-state index contributed by atoms with van der Waals surface area (Å²) in [5.74, 6) is 0.773. The van der Waals surface area contributed by atoms with Crippen LogP contribution < -0.4 is 5.32 Å². The highest BCUT2D eigenvalue weighted by Gasteiger charge is 2.14. The van der Waals surface area contributed by atoms with Gasteiger partial charge in [-0.2, -0.15) is 10.2 Å². The van der Waals surface area contributed by atoms with Gasteiger partial charge in [-0.3, -0.25) is 4.68 Å². The van der Waals surface area contributed by atoms with Crippen molar-refractivity contribution in [1.29, 1.82) is 0 Å². The molecule has 0 aromatic carbocycles. The van der Waals surface area contributed by atoms with Crippen molar-refractivity contribution in [2.24, 2.45) is 7.05 Å². The van der Waals surface area contributed by atoms with E-state index in [1.54, 1.807) is 17.2 Å². The van der Waals surface area contributed by atoms with Crippen LogP contribution in [0.3, 0.4) is 0 Å². The van der Waals surface area contributed by atoms with Crippen LogP contribution in [0, 0.1) is 0 Å². The molecular weight excluding hydrogens is 322 g/mol. The fourth-order valence-electron chi connectivity index (χ4n) is 2.12. The molecule has 0 saturated carbocycles. The first kappa shape index (κ1) is 13.0. The molecule has 3 rings (SSSR count). The molecule has 3 heterocycles. The summed E-state index contributed by atoms with van der Waals surface area (Å²) in [6.07, 6.45) is 5.25. The number of nitrogens with one attached hydrogen (secondary N) is 1. The van der Waals surface area contributed by atoms with Gasteiger partial charge in [0, 0.05) is 25.5 Å². The lowest BCUT2D eigenvalue weighted by atomic mass is 10.3. The van der Waals surface area contributed by atoms with Crippen molar-refractivity contribution in [3.63, 3.8) is 0 Å². The van der Waals surface area contributed by atoms with Crippen LogP contribution in [0.5, 0.6) is 0 Å². The molecule has 0 saturated heterocycles. The van der Waals surface area contributed by atoms with Crippen LogP contribution in [0.2, 0.25) is 0 Å². The van der Waals surface area contributed by atoms with E-state index < -0.39 is 0 Å². The summed E-state index contributed by atoms with van der Waals surface area (Å²) in [6, 6.07) is 2.09. The topological polar surface area (TPSA) is 73.5 Å². The van der Waals surface area contributed by atoms with E-state index in [0.29, 0.717) is 0 Å². The highest BCUT2D eigenvalue weighted by atomic mass is 79.9. The first-order chi connectivity index (χ1) is 9.65. The third kappa shape index (κ3) is 2.38. The fourth-order valence-corrected chi connectivity index (χ4v) is 2.72. The van der Waals surface area contributed by atoms with E-state index >= 15 is 0 Å². The highest BCUT2D eigenvalue weighted by molar-refractivity contribution is 9.10.